The van der Waals surface area contributed by atoms with E-state index in [2.05, 4.69) is 5.16 Å². The lowest BCUT2D eigenvalue weighted by Gasteiger charge is -2.27. The van der Waals surface area contributed by atoms with E-state index in [0.29, 0.717) is 24.5 Å². The van der Waals surface area contributed by atoms with Gasteiger partial charge in [0.05, 0.1) is 18.7 Å². The highest BCUT2D eigenvalue weighted by atomic mass is 16.5. The second-order valence-electron chi connectivity index (χ2n) is 5.98. The Bertz CT molecular complexity index is 653. The molecule has 1 fully saturated rings. The predicted octanol–water partition coefficient (Wildman–Crippen LogP) is 1.69. The highest BCUT2D eigenvalue weighted by molar-refractivity contribution is 5.78. The topological polar surface area (TPSA) is 66.6 Å². The molecule has 116 valence electrons. The van der Waals surface area contributed by atoms with Gasteiger partial charge < -0.3 is 14.5 Å². The summed E-state index contributed by atoms with van der Waals surface area (Å²) in [7, 11) is 0. The van der Waals surface area contributed by atoms with Crippen LogP contribution in [0, 0.1) is 6.92 Å². The average Bonchev–Trinajstić information content (AvgIpc) is 3.15. The number of likely N-dealkylation sites (tertiary alicyclic amines) is 1. The number of nitrogens with zero attached hydrogens (tertiary/aromatic N) is 2. The summed E-state index contributed by atoms with van der Waals surface area (Å²) < 4.78 is 5.00. The monoisotopic (exact) mass is 300 g/mol. The standard InChI is InChI=1S/C17H20N2O3/c1-13-9-15(18-22-13)10-16(21)19-8-7-17(11-19,12-20)14-5-3-2-4-6-14/h2-6,9,20H,7-8,10-12H2,1H3. The number of aromatic nitrogens is 1. The van der Waals surface area contributed by atoms with Gasteiger partial charge in [-0.1, -0.05) is 35.5 Å². The first kappa shape index (κ1) is 14.8. The molecule has 5 nitrogen and oxygen atoms in total. The van der Waals surface area contributed by atoms with E-state index >= 15 is 0 Å². The van der Waals surface area contributed by atoms with E-state index in [-0.39, 0.29) is 24.3 Å². The Labute approximate surface area is 129 Å². The van der Waals surface area contributed by atoms with Crippen LogP contribution >= 0.6 is 0 Å². The maximum atomic E-state index is 12.4. The Kier molecular flexibility index (Phi) is 3.98. The minimum atomic E-state index is -0.351. The first-order chi connectivity index (χ1) is 10.6. The Morgan fingerprint density at radius 3 is 2.82 bits per heavy atom. The third-order valence-corrected chi connectivity index (χ3v) is 4.40. The quantitative estimate of drug-likeness (QED) is 0.933. The number of hydrogen-bond acceptors (Lipinski definition) is 4. The molecule has 1 aromatic heterocycles. The molecule has 0 saturated carbocycles. The van der Waals surface area contributed by atoms with Gasteiger partial charge in [-0.2, -0.15) is 0 Å². The Hall–Kier alpha value is -2.14. The molecule has 3 rings (SSSR count). The van der Waals surface area contributed by atoms with Gasteiger partial charge in [-0.25, -0.2) is 0 Å². The van der Waals surface area contributed by atoms with Crippen LogP contribution in [-0.4, -0.2) is 40.8 Å². The van der Waals surface area contributed by atoms with Crippen LogP contribution in [0.4, 0.5) is 0 Å². The number of aliphatic hydroxyl groups excluding tert-OH is 1. The summed E-state index contributed by atoms with van der Waals surface area (Å²) in [5.74, 6) is 0.734. The van der Waals surface area contributed by atoms with Crippen LogP contribution in [0.15, 0.2) is 40.9 Å². The van der Waals surface area contributed by atoms with E-state index in [4.69, 9.17) is 4.52 Å². The molecule has 2 aromatic rings. The number of aliphatic hydroxyl groups is 1. The summed E-state index contributed by atoms with van der Waals surface area (Å²) in [6.07, 6.45) is 1.02. The molecule has 1 amide bonds. The van der Waals surface area contributed by atoms with Gasteiger partial charge in [0, 0.05) is 24.6 Å². The Morgan fingerprint density at radius 1 is 1.41 bits per heavy atom. The predicted molar refractivity (Wildman–Crippen MR) is 81.3 cm³/mol. The molecular weight excluding hydrogens is 280 g/mol. The molecule has 5 heteroatoms. The van der Waals surface area contributed by atoms with E-state index in [1.54, 1.807) is 6.07 Å². The average molecular weight is 300 g/mol. The second kappa shape index (κ2) is 5.93. The van der Waals surface area contributed by atoms with Gasteiger partial charge in [-0.05, 0) is 18.9 Å². The van der Waals surface area contributed by atoms with Crippen LogP contribution in [-0.2, 0) is 16.6 Å². The number of aryl methyl sites for hydroxylation is 1. The summed E-state index contributed by atoms with van der Waals surface area (Å²) in [6.45, 7) is 3.06. The molecule has 1 N–H and O–H groups in total. The van der Waals surface area contributed by atoms with Crippen molar-refractivity contribution >= 4 is 5.91 Å². The van der Waals surface area contributed by atoms with Crippen LogP contribution in [0.2, 0.25) is 0 Å². The second-order valence-corrected chi connectivity index (χ2v) is 5.98. The van der Waals surface area contributed by atoms with Gasteiger partial charge in [-0.15, -0.1) is 0 Å². The lowest BCUT2D eigenvalue weighted by molar-refractivity contribution is -0.129. The molecule has 1 atom stereocenters. The SMILES string of the molecule is Cc1cc(CC(=O)N2CCC(CO)(c3ccccc3)C2)no1. The van der Waals surface area contributed by atoms with Gasteiger partial charge in [0.1, 0.15) is 5.76 Å². The number of amides is 1. The molecule has 1 aromatic carbocycles. The molecule has 1 aliphatic heterocycles. The first-order valence-electron chi connectivity index (χ1n) is 7.49. The smallest absolute Gasteiger partial charge is 0.228 e. The van der Waals surface area contributed by atoms with Crippen LogP contribution in [0.3, 0.4) is 0 Å². The number of hydrogen-bond donors (Lipinski definition) is 1. The first-order valence-corrected chi connectivity index (χ1v) is 7.49. The molecular formula is C17H20N2O3. The maximum Gasteiger partial charge on any atom is 0.228 e. The highest BCUT2D eigenvalue weighted by Gasteiger charge is 2.40. The van der Waals surface area contributed by atoms with Crippen LogP contribution in [0.1, 0.15) is 23.4 Å². The molecule has 0 aliphatic carbocycles. The van der Waals surface area contributed by atoms with Crippen molar-refractivity contribution < 1.29 is 14.4 Å². The molecule has 1 aliphatic rings. The van der Waals surface area contributed by atoms with Gasteiger partial charge >= 0.3 is 0 Å². The fraction of sp³-hybridized carbons (Fsp3) is 0.412. The number of rotatable bonds is 4. The van der Waals surface area contributed by atoms with Crippen molar-refractivity contribution in [2.45, 2.75) is 25.2 Å². The largest absolute Gasteiger partial charge is 0.395 e. The van der Waals surface area contributed by atoms with Crippen molar-refractivity contribution in [2.24, 2.45) is 0 Å². The fourth-order valence-electron chi connectivity index (χ4n) is 3.10. The van der Waals surface area contributed by atoms with Crippen molar-refractivity contribution in [3.8, 4) is 0 Å². The van der Waals surface area contributed by atoms with E-state index in [9.17, 15) is 9.90 Å². The summed E-state index contributed by atoms with van der Waals surface area (Å²) in [5, 5.41) is 13.8. The molecule has 1 unspecified atom stereocenters. The van der Waals surface area contributed by atoms with Gasteiger partial charge in [0.25, 0.3) is 0 Å². The minimum absolute atomic E-state index is 0.0274. The van der Waals surface area contributed by atoms with E-state index in [1.807, 2.05) is 42.2 Å². The summed E-state index contributed by atoms with van der Waals surface area (Å²) in [5.41, 5.74) is 1.39. The highest BCUT2D eigenvalue weighted by Crippen LogP contribution is 2.34. The zero-order valence-electron chi connectivity index (χ0n) is 12.7. The summed E-state index contributed by atoms with van der Waals surface area (Å²) >= 11 is 0. The van der Waals surface area contributed by atoms with Crippen LogP contribution in [0.5, 0.6) is 0 Å². The lowest BCUT2D eigenvalue weighted by atomic mass is 9.80. The molecule has 0 spiro atoms. The zero-order valence-corrected chi connectivity index (χ0v) is 12.7. The lowest BCUT2D eigenvalue weighted by Crippen LogP contribution is -2.37. The summed E-state index contributed by atoms with van der Waals surface area (Å²) in [4.78, 5) is 14.2. The molecule has 0 bridgehead atoms. The Morgan fingerprint density at radius 2 is 2.18 bits per heavy atom. The molecule has 1 saturated heterocycles. The van der Waals surface area contributed by atoms with Crippen LogP contribution < -0.4 is 0 Å². The van der Waals surface area contributed by atoms with Gasteiger partial charge in [0.2, 0.25) is 5.91 Å². The van der Waals surface area contributed by atoms with E-state index in [0.717, 1.165) is 12.0 Å². The molecule has 2 heterocycles. The number of benzene rings is 1. The number of carbonyl (C=O) groups excluding carboxylic acids is 1. The fourth-order valence-corrected chi connectivity index (χ4v) is 3.10. The third-order valence-electron chi connectivity index (χ3n) is 4.40. The van der Waals surface area contributed by atoms with Crippen LogP contribution in [0.25, 0.3) is 0 Å². The van der Waals surface area contributed by atoms with Crippen molar-refractivity contribution in [3.63, 3.8) is 0 Å². The van der Waals surface area contributed by atoms with Crippen molar-refractivity contribution in [1.82, 2.24) is 10.1 Å². The maximum absolute atomic E-state index is 12.4. The van der Waals surface area contributed by atoms with Gasteiger partial charge in [-0.3, -0.25) is 4.79 Å². The third kappa shape index (κ3) is 2.76. The number of carbonyl (C=O) groups is 1. The minimum Gasteiger partial charge on any atom is -0.395 e. The van der Waals surface area contributed by atoms with Gasteiger partial charge in [0.15, 0.2) is 0 Å². The molecule has 0 radical (unpaired) electrons. The Balaban J connectivity index is 1.72. The zero-order chi connectivity index (χ0) is 15.6. The van der Waals surface area contributed by atoms with Crippen molar-refractivity contribution in [1.29, 1.82) is 0 Å². The molecule has 22 heavy (non-hydrogen) atoms. The van der Waals surface area contributed by atoms with Crippen molar-refractivity contribution in [3.05, 3.63) is 53.4 Å². The van der Waals surface area contributed by atoms with E-state index in [1.165, 1.54) is 0 Å². The summed E-state index contributed by atoms with van der Waals surface area (Å²) in [6, 6.07) is 11.7. The normalized spacial score (nSPS) is 21.3. The van der Waals surface area contributed by atoms with E-state index < -0.39 is 0 Å². The van der Waals surface area contributed by atoms with Crippen molar-refractivity contribution in [2.75, 3.05) is 19.7 Å².